The number of carbonyl (C=O) groups is 1. The standard InChI is InChI=1S/C30H33F3N2O/c1-21-16-22(2)18-25(17-21)29(36)35-15-13-26(20-27(35)19-23-8-4-3-5-9-23)34-14-12-24-10-6-7-11-28(24)30(31,32)33/h3-11,16-18,26-27,34H,12-15,19-20H2,1-2H3/t26-,27-/m0/s1. The number of nitrogens with zero attached hydrogens (tertiary/aromatic N) is 1. The predicted octanol–water partition coefficient (Wildman–Crippen LogP) is 6.37. The molecule has 1 N–H and O–H groups in total. The van der Waals surface area contributed by atoms with E-state index in [0.29, 0.717) is 30.6 Å². The van der Waals surface area contributed by atoms with Crippen molar-refractivity contribution in [3.8, 4) is 0 Å². The first-order valence-electron chi connectivity index (χ1n) is 12.5. The van der Waals surface area contributed by atoms with E-state index in [2.05, 4.69) is 23.5 Å². The van der Waals surface area contributed by atoms with E-state index >= 15 is 0 Å². The van der Waals surface area contributed by atoms with Crippen molar-refractivity contribution in [1.82, 2.24) is 10.2 Å². The fourth-order valence-electron chi connectivity index (χ4n) is 5.27. The van der Waals surface area contributed by atoms with Gasteiger partial charge in [0.2, 0.25) is 0 Å². The SMILES string of the molecule is Cc1cc(C)cc(C(=O)N2CC[C@H](NCCc3ccccc3C(F)(F)F)C[C@@H]2Cc2ccccc2)c1. The van der Waals surface area contributed by atoms with Crippen LogP contribution >= 0.6 is 0 Å². The third kappa shape index (κ3) is 6.55. The molecular formula is C30H33F3N2O. The molecule has 0 aliphatic carbocycles. The Morgan fingerprint density at radius 2 is 1.64 bits per heavy atom. The second-order valence-corrected chi connectivity index (χ2v) is 9.80. The molecule has 0 spiro atoms. The van der Waals surface area contributed by atoms with Gasteiger partial charge < -0.3 is 10.2 Å². The van der Waals surface area contributed by atoms with Gasteiger partial charge in [0.1, 0.15) is 0 Å². The topological polar surface area (TPSA) is 32.3 Å². The van der Waals surface area contributed by atoms with Gasteiger partial charge in [0, 0.05) is 24.2 Å². The summed E-state index contributed by atoms with van der Waals surface area (Å²) in [5.74, 6) is 0.0419. The Morgan fingerprint density at radius 1 is 0.972 bits per heavy atom. The van der Waals surface area contributed by atoms with Crippen molar-refractivity contribution in [3.63, 3.8) is 0 Å². The molecule has 3 aromatic carbocycles. The monoisotopic (exact) mass is 494 g/mol. The number of benzene rings is 3. The van der Waals surface area contributed by atoms with Gasteiger partial charge in [-0.2, -0.15) is 13.2 Å². The lowest BCUT2D eigenvalue weighted by atomic mass is 9.91. The smallest absolute Gasteiger partial charge is 0.335 e. The number of piperidine rings is 1. The number of alkyl halides is 3. The zero-order chi connectivity index (χ0) is 25.7. The summed E-state index contributed by atoms with van der Waals surface area (Å²) in [6.45, 7) is 5.07. The molecule has 3 aromatic rings. The average Bonchev–Trinajstić information content (AvgIpc) is 2.83. The van der Waals surface area contributed by atoms with Crippen LogP contribution in [0.15, 0.2) is 72.8 Å². The summed E-state index contributed by atoms with van der Waals surface area (Å²) in [6.07, 6.45) is -1.78. The van der Waals surface area contributed by atoms with Crippen LogP contribution in [-0.4, -0.2) is 36.0 Å². The van der Waals surface area contributed by atoms with Crippen molar-refractivity contribution in [2.24, 2.45) is 0 Å². The van der Waals surface area contributed by atoms with E-state index in [1.54, 1.807) is 12.1 Å². The predicted molar refractivity (Wildman–Crippen MR) is 137 cm³/mol. The maximum absolute atomic E-state index is 13.5. The van der Waals surface area contributed by atoms with E-state index in [-0.39, 0.29) is 18.0 Å². The van der Waals surface area contributed by atoms with Gasteiger partial charge in [-0.3, -0.25) is 4.79 Å². The van der Waals surface area contributed by atoms with Crippen LogP contribution in [0, 0.1) is 13.8 Å². The molecule has 2 atom stereocenters. The van der Waals surface area contributed by atoms with Gasteiger partial charge in [-0.15, -0.1) is 0 Å². The minimum absolute atomic E-state index is 0.00873. The highest BCUT2D eigenvalue weighted by Crippen LogP contribution is 2.32. The molecule has 1 aliphatic rings. The third-order valence-electron chi connectivity index (χ3n) is 6.91. The highest BCUT2D eigenvalue weighted by Gasteiger charge is 2.34. The molecule has 3 nitrogen and oxygen atoms in total. The molecule has 1 amide bonds. The Balaban J connectivity index is 1.45. The Labute approximate surface area is 211 Å². The molecule has 1 heterocycles. The van der Waals surface area contributed by atoms with E-state index in [9.17, 15) is 18.0 Å². The van der Waals surface area contributed by atoms with E-state index in [1.807, 2.05) is 49.1 Å². The van der Waals surface area contributed by atoms with E-state index in [1.165, 1.54) is 11.6 Å². The van der Waals surface area contributed by atoms with Crippen molar-refractivity contribution in [2.45, 2.75) is 57.8 Å². The van der Waals surface area contributed by atoms with Crippen molar-refractivity contribution < 1.29 is 18.0 Å². The molecule has 36 heavy (non-hydrogen) atoms. The summed E-state index contributed by atoms with van der Waals surface area (Å²) in [7, 11) is 0. The molecule has 0 saturated carbocycles. The number of amides is 1. The number of halogens is 3. The lowest BCUT2D eigenvalue weighted by Crippen LogP contribution is -2.52. The number of rotatable bonds is 7. The highest BCUT2D eigenvalue weighted by atomic mass is 19.4. The van der Waals surface area contributed by atoms with Gasteiger partial charge in [0.15, 0.2) is 0 Å². The summed E-state index contributed by atoms with van der Waals surface area (Å²) in [4.78, 5) is 15.5. The minimum Gasteiger partial charge on any atom is -0.335 e. The van der Waals surface area contributed by atoms with Gasteiger partial charge in [0.05, 0.1) is 5.56 Å². The first-order valence-corrected chi connectivity index (χ1v) is 12.5. The number of hydrogen-bond acceptors (Lipinski definition) is 2. The first-order chi connectivity index (χ1) is 17.2. The number of likely N-dealkylation sites (tertiary alicyclic amines) is 1. The Hall–Kier alpha value is -3.12. The number of hydrogen-bond donors (Lipinski definition) is 1. The van der Waals surface area contributed by atoms with Crippen LogP contribution in [0.3, 0.4) is 0 Å². The molecule has 0 aromatic heterocycles. The summed E-state index contributed by atoms with van der Waals surface area (Å²) in [5.41, 5.74) is 3.74. The summed E-state index contributed by atoms with van der Waals surface area (Å²) in [5, 5.41) is 3.48. The highest BCUT2D eigenvalue weighted by molar-refractivity contribution is 5.95. The molecule has 0 bridgehead atoms. The fourth-order valence-corrected chi connectivity index (χ4v) is 5.27. The zero-order valence-electron chi connectivity index (χ0n) is 20.8. The molecular weight excluding hydrogens is 461 g/mol. The Bertz CT molecular complexity index is 1160. The van der Waals surface area contributed by atoms with Gasteiger partial charge in [-0.05, 0) is 75.4 Å². The normalized spacial score (nSPS) is 18.3. The maximum Gasteiger partial charge on any atom is 0.416 e. The van der Waals surface area contributed by atoms with E-state index in [0.717, 1.165) is 36.5 Å². The molecule has 4 rings (SSSR count). The van der Waals surface area contributed by atoms with Crippen molar-refractivity contribution in [1.29, 1.82) is 0 Å². The van der Waals surface area contributed by atoms with E-state index in [4.69, 9.17) is 0 Å². The fraction of sp³-hybridized carbons (Fsp3) is 0.367. The lowest BCUT2D eigenvalue weighted by molar-refractivity contribution is -0.138. The summed E-state index contributed by atoms with van der Waals surface area (Å²) in [6, 6.07) is 22.0. The third-order valence-corrected chi connectivity index (χ3v) is 6.91. The quantitative estimate of drug-likeness (QED) is 0.414. The largest absolute Gasteiger partial charge is 0.416 e. The van der Waals surface area contributed by atoms with Crippen molar-refractivity contribution in [3.05, 3.63) is 106 Å². The second-order valence-electron chi connectivity index (χ2n) is 9.80. The molecule has 1 fully saturated rings. The number of aryl methyl sites for hydroxylation is 2. The number of carbonyl (C=O) groups excluding carboxylic acids is 1. The number of nitrogens with one attached hydrogen (secondary N) is 1. The van der Waals surface area contributed by atoms with Crippen LogP contribution in [0.1, 0.15) is 51.0 Å². The van der Waals surface area contributed by atoms with Crippen LogP contribution in [0.25, 0.3) is 0 Å². The summed E-state index contributed by atoms with van der Waals surface area (Å²) >= 11 is 0. The van der Waals surface area contributed by atoms with Crippen molar-refractivity contribution in [2.75, 3.05) is 13.1 Å². The Morgan fingerprint density at radius 3 is 2.33 bits per heavy atom. The van der Waals surface area contributed by atoms with Crippen LogP contribution in [0.2, 0.25) is 0 Å². The molecule has 1 aliphatic heterocycles. The lowest BCUT2D eigenvalue weighted by Gasteiger charge is -2.40. The minimum atomic E-state index is -4.35. The van der Waals surface area contributed by atoms with Gasteiger partial charge in [-0.1, -0.05) is 65.7 Å². The van der Waals surface area contributed by atoms with E-state index < -0.39 is 11.7 Å². The summed E-state index contributed by atoms with van der Waals surface area (Å²) < 4.78 is 40.0. The van der Waals surface area contributed by atoms with Crippen LogP contribution in [0.4, 0.5) is 13.2 Å². The maximum atomic E-state index is 13.5. The average molecular weight is 495 g/mol. The van der Waals surface area contributed by atoms with Gasteiger partial charge in [-0.25, -0.2) is 0 Å². The first kappa shape index (κ1) is 26.0. The Kier molecular flexibility index (Phi) is 8.14. The van der Waals surface area contributed by atoms with Gasteiger partial charge >= 0.3 is 6.18 Å². The van der Waals surface area contributed by atoms with Crippen LogP contribution < -0.4 is 5.32 Å². The molecule has 0 radical (unpaired) electrons. The second kappa shape index (κ2) is 11.3. The van der Waals surface area contributed by atoms with Crippen LogP contribution in [-0.2, 0) is 19.0 Å². The molecule has 0 unspecified atom stereocenters. The molecule has 190 valence electrons. The zero-order valence-corrected chi connectivity index (χ0v) is 20.8. The molecule has 1 saturated heterocycles. The van der Waals surface area contributed by atoms with Gasteiger partial charge in [0.25, 0.3) is 5.91 Å². The van der Waals surface area contributed by atoms with Crippen LogP contribution in [0.5, 0.6) is 0 Å². The van der Waals surface area contributed by atoms with Crippen molar-refractivity contribution >= 4 is 5.91 Å². The molecule has 6 heteroatoms.